The smallest absolute Gasteiger partial charge is 0.0794 e. The second-order valence-electron chi connectivity index (χ2n) is 11.1. The highest BCUT2D eigenvalue weighted by atomic mass is 14.7. The van der Waals surface area contributed by atoms with Crippen molar-refractivity contribution in [3.63, 3.8) is 0 Å². The molecule has 194 valence electrons. The Morgan fingerprint density at radius 3 is 1.67 bits per heavy atom. The molecule has 8 aromatic rings. The molecule has 9 rings (SSSR count). The van der Waals surface area contributed by atoms with Gasteiger partial charge < -0.3 is 0 Å². The Bertz CT molecular complexity index is 2330. The van der Waals surface area contributed by atoms with Crippen LogP contribution in [0, 0.1) is 0 Å². The molecule has 42 heavy (non-hydrogen) atoms. The van der Waals surface area contributed by atoms with Crippen molar-refractivity contribution in [2.75, 3.05) is 0 Å². The zero-order chi connectivity index (χ0) is 27.6. The summed E-state index contributed by atoms with van der Waals surface area (Å²) in [6.07, 6.45) is 0. The van der Waals surface area contributed by atoms with Crippen LogP contribution in [-0.2, 0) is 0 Å². The molecule has 0 fully saturated rings. The average molecular weight is 532 g/mol. The van der Waals surface area contributed by atoms with Crippen molar-refractivity contribution in [2.24, 2.45) is 0 Å². The van der Waals surface area contributed by atoms with Crippen molar-refractivity contribution < 1.29 is 0 Å². The first-order chi connectivity index (χ1) is 20.8. The first kappa shape index (κ1) is 23.2. The molecule has 7 aromatic carbocycles. The fourth-order valence-electron chi connectivity index (χ4n) is 6.92. The van der Waals surface area contributed by atoms with Crippen LogP contribution in [-0.4, -0.2) is 4.98 Å². The summed E-state index contributed by atoms with van der Waals surface area (Å²) in [5.41, 5.74) is 11.7. The van der Waals surface area contributed by atoms with Crippen molar-refractivity contribution in [3.8, 4) is 55.9 Å². The van der Waals surface area contributed by atoms with Gasteiger partial charge in [0, 0.05) is 27.8 Å². The normalized spacial score (nSPS) is 11.8. The maximum Gasteiger partial charge on any atom is 0.0794 e. The summed E-state index contributed by atoms with van der Waals surface area (Å²) < 4.78 is 0. The van der Waals surface area contributed by atoms with Gasteiger partial charge >= 0.3 is 0 Å². The van der Waals surface area contributed by atoms with E-state index in [4.69, 9.17) is 4.98 Å². The SMILES string of the molecule is c1ccc(-c2nc(-c3ccc4ccc5ccccc5c4c3)c(-c3ccccc3)c3c2-c2cccc4cccc-3c24)cc1. The fraction of sp³-hybridized carbons (Fsp3) is 0. The summed E-state index contributed by atoms with van der Waals surface area (Å²) in [6.45, 7) is 0. The minimum atomic E-state index is 1.01. The fourth-order valence-corrected chi connectivity index (χ4v) is 6.92. The van der Waals surface area contributed by atoms with Gasteiger partial charge in [0.15, 0.2) is 0 Å². The Kier molecular flexibility index (Phi) is 4.97. The van der Waals surface area contributed by atoms with Crippen LogP contribution in [0.3, 0.4) is 0 Å². The summed E-state index contributed by atoms with van der Waals surface area (Å²) in [5.74, 6) is 0. The number of hydrogen-bond donors (Lipinski definition) is 0. The zero-order valence-electron chi connectivity index (χ0n) is 22.9. The number of fused-ring (bicyclic) bond motifs is 6. The molecule has 0 saturated heterocycles. The number of hydrogen-bond acceptors (Lipinski definition) is 1. The second kappa shape index (κ2) is 8.99. The molecule has 1 aliphatic carbocycles. The highest BCUT2D eigenvalue weighted by molar-refractivity contribution is 6.22. The number of benzene rings is 7. The quantitative estimate of drug-likeness (QED) is 0.207. The Hall–Kier alpha value is -5.53. The standard InChI is InChI=1S/C41H25N/c1-3-12-29(13-4-1)37-38-33-19-9-16-28-17-10-20-34(36(28)33)39(38)40(30-14-5-2-6-15-30)42-41(37)31-24-23-27-22-21-26-11-7-8-18-32(26)35(27)25-31/h1-25H. The van der Waals surface area contributed by atoms with E-state index in [1.54, 1.807) is 0 Å². The molecule has 1 heteroatoms. The predicted molar refractivity (Wildman–Crippen MR) is 177 cm³/mol. The third-order valence-corrected chi connectivity index (χ3v) is 8.77. The van der Waals surface area contributed by atoms with E-state index in [0.29, 0.717) is 0 Å². The third-order valence-electron chi connectivity index (χ3n) is 8.77. The van der Waals surface area contributed by atoms with Gasteiger partial charge in [-0.1, -0.05) is 146 Å². The molecule has 0 N–H and O–H groups in total. The first-order valence-corrected chi connectivity index (χ1v) is 14.5. The Labute approximate surface area is 244 Å². The van der Waals surface area contributed by atoms with Crippen LogP contribution < -0.4 is 0 Å². The lowest BCUT2D eigenvalue weighted by molar-refractivity contribution is 1.33. The van der Waals surface area contributed by atoms with Crippen molar-refractivity contribution in [1.29, 1.82) is 0 Å². The summed E-state index contributed by atoms with van der Waals surface area (Å²) in [4.78, 5) is 5.62. The van der Waals surface area contributed by atoms with Crippen molar-refractivity contribution in [2.45, 2.75) is 0 Å². The molecule has 1 heterocycles. The van der Waals surface area contributed by atoms with Crippen LogP contribution >= 0.6 is 0 Å². The van der Waals surface area contributed by atoms with Crippen LogP contribution in [0.2, 0.25) is 0 Å². The molecule has 1 nitrogen and oxygen atoms in total. The lowest BCUT2D eigenvalue weighted by atomic mass is 9.87. The van der Waals surface area contributed by atoms with Crippen LogP contribution in [0.5, 0.6) is 0 Å². The Balaban J connectivity index is 1.46. The monoisotopic (exact) mass is 531 g/mol. The molecular weight excluding hydrogens is 506 g/mol. The summed E-state index contributed by atoms with van der Waals surface area (Å²) in [7, 11) is 0. The van der Waals surface area contributed by atoms with Gasteiger partial charge in [-0.05, 0) is 55.1 Å². The van der Waals surface area contributed by atoms with Gasteiger partial charge in [-0.2, -0.15) is 0 Å². The van der Waals surface area contributed by atoms with Gasteiger partial charge in [-0.15, -0.1) is 0 Å². The topological polar surface area (TPSA) is 12.9 Å². The van der Waals surface area contributed by atoms with E-state index in [1.807, 2.05) is 0 Å². The number of rotatable bonds is 3. The highest BCUT2D eigenvalue weighted by Gasteiger charge is 2.31. The Morgan fingerprint density at radius 1 is 0.333 bits per heavy atom. The summed E-state index contributed by atoms with van der Waals surface area (Å²) >= 11 is 0. The minimum Gasteiger partial charge on any atom is -0.246 e. The van der Waals surface area contributed by atoms with E-state index in [-0.39, 0.29) is 0 Å². The van der Waals surface area contributed by atoms with Crippen LogP contribution in [0.4, 0.5) is 0 Å². The zero-order valence-corrected chi connectivity index (χ0v) is 22.9. The van der Waals surface area contributed by atoms with E-state index < -0.39 is 0 Å². The van der Waals surface area contributed by atoms with E-state index in [0.717, 1.165) is 22.5 Å². The van der Waals surface area contributed by atoms with E-state index >= 15 is 0 Å². The maximum atomic E-state index is 5.62. The van der Waals surface area contributed by atoms with Gasteiger partial charge in [-0.3, -0.25) is 0 Å². The molecule has 1 aliphatic rings. The molecule has 0 spiro atoms. The van der Waals surface area contributed by atoms with Crippen LogP contribution in [0.25, 0.3) is 88.2 Å². The molecule has 0 radical (unpaired) electrons. The number of aromatic nitrogens is 1. The van der Waals surface area contributed by atoms with Gasteiger partial charge in [0.2, 0.25) is 0 Å². The van der Waals surface area contributed by atoms with E-state index in [9.17, 15) is 0 Å². The van der Waals surface area contributed by atoms with Gasteiger partial charge in [0.25, 0.3) is 0 Å². The second-order valence-corrected chi connectivity index (χ2v) is 11.1. The maximum absolute atomic E-state index is 5.62. The van der Waals surface area contributed by atoms with Crippen molar-refractivity contribution in [1.82, 2.24) is 4.98 Å². The Morgan fingerprint density at radius 2 is 0.905 bits per heavy atom. The van der Waals surface area contributed by atoms with E-state index in [2.05, 4.69) is 152 Å². The van der Waals surface area contributed by atoms with Crippen LogP contribution in [0.15, 0.2) is 152 Å². The molecule has 0 bridgehead atoms. The van der Waals surface area contributed by atoms with Crippen LogP contribution in [0.1, 0.15) is 0 Å². The lowest BCUT2D eigenvalue weighted by Crippen LogP contribution is -1.98. The lowest BCUT2D eigenvalue weighted by Gasteiger charge is -2.20. The average Bonchev–Trinajstić information content (AvgIpc) is 3.40. The van der Waals surface area contributed by atoms with Gasteiger partial charge in [0.05, 0.1) is 11.4 Å². The number of nitrogens with zero attached hydrogens (tertiary/aromatic N) is 1. The van der Waals surface area contributed by atoms with Crippen molar-refractivity contribution >= 4 is 32.3 Å². The molecule has 0 amide bonds. The predicted octanol–water partition coefficient (Wildman–Crippen LogP) is 11.2. The molecule has 0 unspecified atom stereocenters. The minimum absolute atomic E-state index is 1.01. The summed E-state index contributed by atoms with van der Waals surface area (Å²) in [5, 5.41) is 7.57. The molecule has 1 aromatic heterocycles. The van der Waals surface area contributed by atoms with Gasteiger partial charge in [0.1, 0.15) is 0 Å². The first-order valence-electron chi connectivity index (χ1n) is 14.5. The molecule has 0 atom stereocenters. The van der Waals surface area contributed by atoms with Crippen molar-refractivity contribution in [3.05, 3.63) is 152 Å². The highest BCUT2D eigenvalue weighted by Crippen LogP contribution is 2.56. The largest absolute Gasteiger partial charge is 0.246 e. The number of pyridine rings is 1. The summed E-state index contributed by atoms with van der Waals surface area (Å²) in [6, 6.07) is 54.8. The van der Waals surface area contributed by atoms with Gasteiger partial charge in [-0.25, -0.2) is 4.98 Å². The molecule has 0 saturated carbocycles. The molecular formula is C41H25N. The third kappa shape index (κ3) is 3.34. The molecule has 0 aliphatic heterocycles. The van der Waals surface area contributed by atoms with E-state index in [1.165, 1.54) is 65.7 Å².